The van der Waals surface area contributed by atoms with Crippen molar-refractivity contribution in [2.45, 2.75) is 51.3 Å². The summed E-state index contributed by atoms with van der Waals surface area (Å²) in [4.78, 5) is 33.0. The van der Waals surface area contributed by atoms with Crippen LogP contribution in [0.15, 0.2) is 6.20 Å². The summed E-state index contributed by atoms with van der Waals surface area (Å²) < 4.78 is 6.94. The molecule has 1 saturated carbocycles. The highest BCUT2D eigenvalue weighted by Crippen LogP contribution is 2.27. The van der Waals surface area contributed by atoms with E-state index in [1.165, 1.54) is 0 Å². The Balaban J connectivity index is 0.000000941. The first-order valence-electron chi connectivity index (χ1n) is 9.73. The lowest BCUT2D eigenvalue weighted by molar-refractivity contribution is -0.129. The monoisotopic (exact) mass is 411 g/mol. The molecule has 3 rings (SSSR count). The van der Waals surface area contributed by atoms with Crippen molar-refractivity contribution in [1.82, 2.24) is 25.6 Å². The first kappa shape index (κ1) is 22.8. The van der Waals surface area contributed by atoms with Gasteiger partial charge in [0.05, 0.1) is 24.4 Å². The Morgan fingerprint density at radius 3 is 2.59 bits per heavy atom. The Kier molecular flexibility index (Phi) is 9.00. The Hall–Kier alpha value is -2.53. The number of aliphatic hydroxyl groups is 1. The molecule has 1 aliphatic carbocycles. The van der Waals surface area contributed by atoms with Crippen LogP contribution in [0.25, 0.3) is 0 Å². The molecule has 2 aliphatic rings. The van der Waals surface area contributed by atoms with Crippen molar-refractivity contribution in [1.29, 1.82) is 0 Å². The maximum Gasteiger partial charge on any atom is 0.290 e. The van der Waals surface area contributed by atoms with Crippen LogP contribution < -0.4 is 10.6 Å². The van der Waals surface area contributed by atoms with Gasteiger partial charge in [-0.25, -0.2) is 0 Å². The molecule has 1 aliphatic heterocycles. The Morgan fingerprint density at radius 1 is 1.28 bits per heavy atom. The standard InChI is InChI=1S/C17H27N5O4.CH2O2/c1-11-10-22(21-20-11)5-4-18-16(24)13-8-14(15(23)9-13)19-17(25)12-2-6-26-7-3-12;2-1-3/h10,12-15,23H,2-9H2,1H3,(H,18,24)(H,19,25);1H,(H,2,3)/t13-,14+,15+;/m0./s1. The van der Waals surface area contributed by atoms with E-state index in [-0.39, 0.29) is 36.2 Å². The lowest BCUT2D eigenvalue weighted by atomic mass is 9.98. The van der Waals surface area contributed by atoms with Crippen molar-refractivity contribution >= 4 is 18.3 Å². The van der Waals surface area contributed by atoms with E-state index < -0.39 is 6.10 Å². The Labute approximate surface area is 168 Å². The third-order valence-electron chi connectivity index (χ3n) is 5.11. The van der Waals surface area contributed by atoms with Crippen molar-refractivity contribution in [3.05, 3.63) is 11.9 Å². The molecule has 1 saturated heterocycles. The predicted octanol–water partition coefficient (Wildman–Crippen LogP) is -0.914. The SMILES string of the molecule is Cc1cn(CCNC(=O)[C@@H]2C[C@@H](O)[C@H](NC(=O)C3CCOCC3)C2)nn1.O=CO. The smallest absolute Gasteiger partial charge is 0.290 e. The van der Waals surface area contributed by atoms with Gasteiger partial charge in [-0.2, -0.15) is 0 Å². The number of rotatable bonds is 6. The maximum absolute atomic E-state index is 12.3. The molecule has 29 heavy (non-hydrogen) atoms. The van der Waals surface area contributed by atoms with E-state index >= 15 is 0 Å². The van der Waals surface area contributed by atoms with Gasteiger partial charge in [0.1, 0.15) is 0 Å². The summed E-state index contributed by atoms with van der Waals surface area (Å²) in [6.07, 6.45) is 3.37. The van der Waals surface area contributed by atoms with Gasteiger partial charge in [0.2, 0.25) is 11.8 Å². The van der Waals surface area contributed by atoms with E-state index in [0.29, 0.717) is 52.0 Å². The van der Waals surface area contributed by atoms with Crippen LogP contribution in [0.5, 0.6) is 0 Å². The molecule has 0 radical (unpaired) electrons. The molecule has 11 heteroatoms. The summed E-state index contributed by atoms with van der Waals surface area (Å²) in [7, 11) is 0. The van der Waals surface area contributed by atoms with Crippen LogP contribution in [0.4, 0.5) is 0 Å². The largest absolute Gasteiger partial charge is 0.483 e. The number of carbonyl (C=O) groups is 3. The van der Waals surface area contributed by atoms with E-state index in [1.54, 1.807) is 4.68 Å². The fourth-order valence-electron chi connectivity index (χ4n) is 3.59. The Morgan fingerprint density at radius 2 is 1.97 bits per heavy atom. The van der Waals surface area contributed by atoms with Gasteiger partial charge in [0.25, 0.3) is 6.47 Å². The molecule has 3 atom stereocenters. The highest BCUT2D eigenvalue weighted by Gasteiger charge is 2.38. The molecule has 0 spiro atoms. The highest BCUT2D eigenvalue weighted by atomic mass is 16.5. The van der Waals surface area contributed by atoms with E-state index in [1.807, 2.05) is 13.1 Å². The zero-order chi connectivity index (χ0) is 21.2. The van der Waals surface area contributed by atoms with Crippen molar-refractivity contribution in [2.75, 3.05) is 19.8 Å². The number of aliphatic hydroxyl groups excluding tert-OH is 1. The predicted molar refractivity (Wildman–Crippen MR) is 101 cm³/mol. The molecular formula is C18H29N5O6. The van der Waals surface area contributed by atoms with Gasteiger partial charge < -0.3 is 25.6 Å². The molecule has 2 amide bonds. The van der Waals surface area contributed by atoms with E-state index in [0.717, 1.165) is 5.69 Å². The third kappa shape index (κ3) is 7.09. The van der Waals surface area contributed by atoms with Crippen molar-refractivity contribution < 1.29 is 29.3 Å². The molecule has 1 aromatic heterocycles. The van der Waals surface area contributed by atoms with E-state index in [9.17, 15) is 14.7 Å². The average Bonchev–Trinajstić information content (AvgIpc) is 3.28. The quantitative estimate of drug-likeness (QED) is 0.438. The first-order valence-corrected chi connectivity index (χ1v) is 9.73. The van der Waals surface area contributed by atoms with E-state index in [4.69, 9.17) is 14.6 Å². The van der Waals surface area contributed by atoms with Crippen molar-refractivity contribution in [3.8, 4) is 0 Å². The molecule has 162 valence electrons. The third-order valence-corrected chi connectivity index (χ3v) is 5.11. The van der Waals surface area contributed by atoms with Crippen molar-refractivity contribution in [2.24, 2.45) is 11.8 Å². The normalized spacial score (nSPS) is 24.3. The molecule has 2 fully saturated rings. The number of amides is 2. The summed E-state index contributed by atoms with van der Waals surface area (Å²) >= 11 is 0. The fourth-order valence-corrected chi connectivity index (χ4v) is 3.59. The summed E-state index contributed by atoms with van der Waals surface area (Å²) in [5.41, 5.74) is 0.832. The number of hydrogen-bond acceptors (Lipinski definition) is 7. The second kappa shape index (κ2) is 11.5. The summed E-state index contributed by atoms with van der Waals surface area (Å²) in [5.74, 6) is -0.485. The Bertz CT molecular complexity index is 675. The summed E-state index contributed by atoms with van der Waals surface area (Å²) in [5, 5.41) is 30.7. The molecule has 1 aromatic rings. The van der Waals surface area contributed by atoms with Crippen LogP contribution in [0.2, 0.25) is 0 Å². The van der Waals surface area contributed by atoms with Crippen molar-refractivity contribution in [3.63, 3.8) is 0 Å². The number of carboxylic acid groups (broad SMARTS) is 1. The fraction of sp³-hybridized carbons (Fsp3) is 0.722. The van der Waals surface area contributed by atoms with Crippen LogP contribution in [-0.4, -0.2) is 75.4 Å². The minimum atomic E-state index is -0.687. The molecule has 11 nitrogen and oxygen atoms in total. The molecular weight excluding hydrogens is 382 g/mol. The molecule has 2 heterocycles. The topological polar surface area (TPSA) is 156 Å². The number of aromatic nitrogens is 3. The van der Waals surface area contributed by atoms with Gasteiger partial charge in [0, 0.05) is 37.8 Å². The number of ether oxygens (including phenoxy) is 1. The van der Waals surface area contributed by atoms with Crippen LogP contribution in [-0.2, 0) is 25.7 Å². The zero-order valence-corrected chi connectivity index (χ0v) is 16.5. The van der Waals surface area contributed by atoms with Crippen LogP contribution in [0.1, 0.15) is 31.4 Å². The number of hydrogen-bond donors (Lipinski definition) is 4. The molecule has 0 aromatic carbocycles. The second-order valence-electron chi connectivity index (χ2n) is 7.26. The average molecular weight is 411 g/mol. The van der Waals surface area contributed by atoms with E-state index in [2.05, 4.69) is 20.9 Å². The zero-order valence-electron chi connectivity index (χ0n) is 16.5. The van der Waals surface area contributed by atoms with Gasteiger partial charge in [-0.15, -0.1) is 5.10 Å². The minimum Gasteiger partial charge on any atom is -0.483 e. The lowest BCUT2D eigenvalue weighted by Gasteiger charge is -2.24. The summed E-state index contributed by atoms with van der Waals surface area (Å²) in [6, 6.07) is -0.362. The first-order chi connectivity index (χ1) is 13.9. The molecule has 0 bridgehead atoms. The maximum atomic E-state index is 12.3. The van der Waals surface area contributed by atoms with Crippen LogP contribution in [0.3, 0.4) is 0 Å². The number of aryl methyl sites for hydroxylation is 1. The second-order valence-corrected chi connectivity index (χ2v) is 7.26. The lowest BCUT2D eigenvalue weighted by Crippen LogP contribution is -2.44. The van der Waals surface area contributed by atoms with Gasteiger partial charge >= 0.3 is 0 Å². The number of carbonyl (C=O) groups excluding carboxylic acids is 2. The minimum absolute atomic E-state index is 0.0417. The van der Waals surface area contributed by atoms with Gasteiger partial charge in [-0.3, -0.25) is 19.1 Å². The molecule has 4 N–H and O–H groups in total. The number of nitrogens with one attached hydrogen (secondary N) is 2. The van der Waals surface area contributed by atoms with Gasteiger partial charge in [0.15, 0.2) is 0 Å². The van der Waals surface area contributed by atoms with Gasteiger partial charge in [-0.05, 0) is 32.6 Å². The van der Waals surface area contributed by atoms with Crippen LogP contribution in [0, 0.1) is 18.8 Å². The molecule has 0 unspecified atom stereocenters. The summed E-state index contributed by atoms with van der Waals surface area (Å²) in [6.45, 7) is 3.80. The highest BCUT2D eigenvalue weighted by molar-refractivity contribution is 5.81. The number of nitrogens with zero attached hydrogens (tertiary/aromatic N) is 3. The van der Waals surface area contributed by atoms with Crippen LogP contribution >= 0.6 is 0 Å². The van der Waals surface area contributed by atoms with Gasteiger partial charge in [-0.1, -0.05) is 5.21 Å².